The summed E-state index contributed by atoms with van der Waals surface area (Å²) in [5.41, 5.74) is 0. The van der Waals surface area contributed by atoms with E-state index in [9.17, 15) is 0 Å². The summed E-state index contributed by atoms with van der Waals surface area (Å²) in [7, 11) is -5.17. The van der Waals surface area contributed by atoms with Crippen LogP contribution in [-0.4, -0.2) is 17.5 Å². The molecule has 0 atom stereocenters. The SMILES string of the molecule is O=S(=O)([O-])[O-].[Cl-].[Fe+2].[Na+]. The molecule has 0 aromatic carbocycles. The van der Waals surface area contributed by atoms with E-state index in [0.29, 0.717) is 0 Å². The van der Waals surface area contributed by atoms with Crippen LogP contribution >= 0.6 is 0 Å². The number of rotatable bonds is 0. The van der Waals surface area contributed by atoms with Crippen LogP contribution < -0.4 is 42.0 Å². The molecule has 0 aromatic rings. The van der Waals surface area contributed by atoms with E-state index in [1.807, 2.05) is 0 Å². The Balaban J connectivity index is -0.0000000267. The number of hydrogen-bond acceptors (Lipinski definition) is 4. The fourth-order valence-corrected chi connectivity index (χ4v) is 0. The van der Waals surface area contributed by atoms with E-state index in [2.05, 4.69) is 0 Å². The molecule has 8 heteroatoms. The minimum absolute atomic E-state index is 0. The maximum absolute atomic E-state index is 8.52. The molecular formula is ClFeNaO4S. The largest absolute Gasteiger partial charge is 2.00 e. The monoisotopic (exact) mass is 210 g/mol. The molecule has 0 bridgehead atoms. The van der Waals surface area contributed by atoms with Crippen LogP contribution in [0.1, 0.15) is 0 Å². The maximum atomic E-state index is 8.52. The van der Waals surface area contributed by atoms with Crippen molar-refractivity contribution in [3.63, 3.8) is 0 Å². The van der Waals surface area contributed by atoms with E-state index in [1.165, 1.54) is 0 Å². The summed E-state index contributed by atoms with van der Waals surface area (Å²) in [5, 5.41) is 0. The van der Waals surface area contributed by atoms with Crippen LogP contribution in [0, 0.1) is 0 Å². The van der Waals surface area contributed by atoms with Gasteiger partial charge in [0.05, 0.1) is 0 Å². The van der Waals surface area contributed by atoms with E-state index >= 15 is 0 Å². The summed E-state index contributed by atoms with van der Waals surface area (Å²) in [5.74, 6) is 0. The van der Waals surface area contributed by atoms with Crippen LogP contribution in [0.4, 0.5) is 0 Å². The minimum Gasteiger partial charge on any atom is -1.00 e. The second-order valence-electron chi connectivity index (χ2n) is 0.408. The van der Waals surface area contributed by atoms with Crippen LogP contribution in [0.15, 0.2) is 0 Å². The van der Waals surface area contributed by atoms with Gasteiger partial charge in [-0.2, -0.15) is 0 Å². The van der Waals surface area contributed by atoms with Crippen LogP contribution in [-0.2, 0) is 27.5 Å². The third-order valence-electron chi connectivity index (χ3n) is 0. The topological polar surface area (TPSA) is 80.3 Å². The normalized spacial score (nSPS) is 7.25. The van der Waals surface area contributed by atoms with E-state index in [4.69, 9.17) is 17.5 Å². The van der Waals surface area contributed by atoms with E-state index in [-0.39, 0.29) is 59.0 Å². The van der Waals surface area contributed by atoms with Gasteiger partial charge in [-0.15, -0.1) is 0 Å². The van der Waals surface area contributed by atoms with Crippen LogP contribution in [0.25, 0.3) is 0 Å². The predicted molar refractivity (Wildman–Crippen MR) is 10.5 cm³/mol. The van der Waals surface area contributed by atoms with Gasteiger partial charge in [-0.1, -0.05) is 0 Å². The second-order valence-corrected chi connectivity index (χ2v) is 1.22. The molecule has 0 unspecified atom stereocenters. The summed E-state index contributed by atoms with van der Waals surface area (Å²) in [6, 6.07) is 0. The maximum Gasteiger partial charge on any atom is 2.00 e. The number of hydrogen-bond donors (Lipinski definition) is 0. The van der Waals surface area contributed by atoms with E-state index < -0.39 is 10.4 Å². The Hall–Kier alpha value is 1.68. The molecule has 0 N–H and O–H groups in total. The quantitative estimate of drug-likeness (QED) is 0.226. The molecule has 0 aliphatic carbocycles. The van der Waals surface area contributed by atoms with Crippen LogP contribution in [0.2, 0.25) is 0 Å². The van der Waals surface area contributed by atoms with Crippen molar-refractivity contribution in [2.75, 3.05) is 0 Å². The summed E-state index contributed by atoms with van der Waals surface area (Å²) in [4.78, 5) is 0. The molecule has 0 amide bonds. The van der Waals surface area contributed by atoms with Crippen molar-refractivity contribution in [2.24, 2.45) is 0 Å². The Bertz CT molecular complexity index is 99.2. The van der Waals surface area contributed by atoms with E-state index in [0.717, 1.165) is 0 Å². The molecule has 0 rings (SSSR count). The van der Waals surface area contributed by atoms with Gasteiger partial charge in [-0.25, -0.2) is 0 Å². The van der Waals surface area contributed by atoms with Gasteiger partial charge >= 0.3 is 46.6 Å². The summed E-state index contributed by atoms with van der Waals surface area (Å²) in [6.07, 6.45) is 0. The fraction of sp³-hybridized carbons (Fsp3) is 0. The van der Waals surface area contributed by atoms with Gasteiger partial charge in [-0.3, -0.25) is 8.42 Å². The molecular weight excluding hydrogens is 210 g/mol. The fourth-order valence-electron chi connectivity index (χ4n) is 0. The van der Waals surface area contributed by atoms with Crippen molar-refractivity contribution in [1.29, 1.82) is 0 Å². The second kappa shape index (κ2) is 8.68. The van der Waals surface area contributed by atoms with Crippen molar-refractivity contribution in [1.82, 2.24) is 0 Å². The van der Waals surface area contributed by atoms with Gasteiger partial charge in [0.15, 0.2) is 0 Å². The summed E-state index contributed by atoms with van der Waals surface area (Å²) < 4.78 is 34.1. The smallest absolute Gasteiger partial charge is 1.00 e. The standard InChI is InChI=1S/ClH.Fe.Na.H2O4S/c;;;1-5(2,3)4/h1H;;;(H2,1,2,3,4)/q;+2;+1;/p-3. The first kappa shape index (κ1) is 22.6. The van der Waals surface area contributed by atoms with Crippen LogP contribution in [0.5, 0.6) is 0 Å². The average Bonchev–Trinajstić information content (AvgIpc) is 0.722. The number of halogens is 1. The van der Waals surface area contributed by atoms with E-state index in [1.54, 1.807) is 0 Å². The molecule has 0 aromatic heterocycles. The summed E-state index contributed by atoms with van der Waals surface area (Å²) in [6.45, 7) is 0. The Morgan fingerprint density at radius 2 is 1.12 bits per heavy atom. The van der Waals surface area contributed by atoms with Crippen LogP contribution in [0.3, 0.4) is 0 Å². The Kier molecular flexibility index (Phi) is 24.5. The first-order valence-electron chi connectivity index (χ1n) is 0.667. The van der Waals surface area contributed by atoms with Crippen molar-refractivity contribution in [3.05, 3.63) is 0 Å². The molecule has 0 aliphatic rings. The van der Waals surface area contributed by atoms with Gasteiger partial charge < -0.3 is 21.5 Å². The Morgan fingerprint density at radius 3 is 1.12 bits per heavy atom. The first-order valence-corrected chi connectivity index (χ1v) is 2.00. The van der Waals surface area contributed by atoms with Crippen molar-refractivity contribution >= 4 is 10.4 Å². The third kappa shape index (κ3) is 121. The van der Waals surface area contributed by atoms with Gasteiger partial charge in [0.25, 0.3) is 0 Å². The average molecular weight is 210 g/mol. The predicted octanol–water partition coefficient (Wildman–Crippen LogP) is -7.33. The third-order valence-corrected chi connectivity index (χ3v) is 0. The van der Waals surface area contributed by atoms with Crippen molar-refractivity contribution < 1.29 is 76.6 Å². The van der Waals surface area contributed by atoms with Gasteiger partial charge in [-0.05, 0) is 0 Å². The Labute approximate surface area is 86.2 Å². The zero-order valence-corrected chi connectivity index (χ0v) is 8.45. The molecule has 0 heterocycles. The van der Waals surface area contributed by atoms with Crippen molar-refractivity contribution in [3.8, 4) is 0 Å². The molecule has 0 aliphatic heterocycles. The summed E-state index contributed by atoms with van der Waals surface area (Å²) >= 11 is 0. The molecule has 46 valence electrons. The first-order chi connectivity index (χ1) is 2.00. The molecule has 0 fully saturated rings. The van der Waals surface area contributed by atoms with Gasteiger partial charge in [0, 0.05) is 10.4 Å². The zero-order chi connectivity index (χ0) is 4.50. The Morgan fingerprint density at radius 1 is 1.12 bits per heavy atom. The van der Waals surface area contributed by atoms with Gasteiger partial charge in [0.1, 0.15) is 0 Å². The minimum atomic E-state index is -5.17. The molecule has 0 saturated heterocycles. The molecule has 0 spiro atoms. The molecule has 4 nitrogen and oxygen atoms in total. The van der Waals surface area contributed by atoms with Crippen molar-refractivity contribution in [2.45, 2.75) is 0 Å². The zero-order valence-electron chi connectivity index (χ0n) is 3.77. The molecule has 0 radical (unpaired) electrons. The molecule has 0 saturated carbocycles. The van der Waals surface area contributed by atoms with Gasteiger partial charge in [0.2, 0.25) is 0 Å². The molecule has 8 heavy (non-hydrogen) atoms.